The molecule has 3 aromatic rings. The minimum absolute atomic E-state index is 0.0946. The summed E-state index contributed by atoms with van der Waals surface area (Å²) >= 11 is 12.5. The maximum absolute atomic E-state index is 8.96. The standard InChI is InChI=1S/C18H17Cl2N5O/c19-13-3-1-4-14(20)17(13)24-16-11-15(12-5-8-21-9-6-12)23-18(25-16)22-7-2-10-26/h1,3-6,8-9,11,26H,2,7,10H2,(H2,22,23,24,25). The van der Waals surface area contributed by atoms with E-state index < -0.39 is 0 Å². The fraction of sp³-hybridized carbons (Fsp3) is 0.167. The van der Waals surface area contributed by atoms with Gasteiger partial charge in [0.1, 0.15) is 5.82 Å². The summed E-state index contributed by atoms with van der Waals surface area (Å²) in [4.78, 5) is 13.0. The molecular weight excluding hydrogens is 373 g/mol. The minimum atomic E-state index is 0.0946. The summed E-state index contributed by atoms with van der Waals surface area (Å²) in [6.45, 7) is 0.653. The summed E-state index contributed by atoms with van der Waals surface area (Å²) in [5, 5.41) is 16.2. The van der Waals surface area contributed by atoms with Crippen LogP contribution in [0.2, 0.25) is 10.0 Å². The molecule has 0 radical (unpaired) electrons. The van der Waals surface area contributed by atoms with Gasteiger partial charge in [0.2, 0.25) is 5.95 Å². The third-order valence-electron chi connectivity index (χ3n) is 3.54. The average Bonchev–Trinajstić information content (AvgIpc) is 2.66. The van der Waals surface area contributed by atoms with Crippen LogP contribution in [0.25, 0.3) is 11.3 Å². The second kappa shape index (κ2) is 8.80. The zero-order chi connectivity index (χ0) is 18.4. The molecule has 0 aliphatic rings. The lowest BCUT2D eigenvalue weighted by molar-refractivity contribution is 0.292. The number of anilines is 3. The number of benzene rings is 1. The van der Waals surface area contributed by atoms with Gasteiger partial charge in [0, 0.05) is 37.2 Å². The van der Waals surface area contributed by atoms with E-state index in [0.29, 0.717) is 40.5 Å². The second-order valence-corrected chi connectivity index (χ2v) is 6.24. The smallest absolute Gasteiger partial charge is 0.225 e. The molecule has 0 unspecified atom stereocenters. The number of para-hydroxylation sites is 1. The summed E-state index contributed by atoms with van der Waals surface area (Å²) in [5.74, 6) is 0.992. The molecule has 0 aliphatic carbocycles. The van der Waals surface area contributed by atoms with Gasteiger partial charge in [-0.15, -0.1) is 0 Å². The monoisotopic (exact) mass is 389 g/mol. The Kier molecular flexibility index (Phi) is 6.22. The lowest BCUT2D eigenvalue weighted by atomic mass is 10.2. The first kappa shape index (κ1) is 18.4. The molecule has 0 spiro atoms. The molecule has 2 aromatic heterocycles. The van der Waals surface area contributed by atoms with Crippen molar-refractivity contribution in [2.45, 2.75) is 6.42 Å². The molecule has 134 valence electrons. The van der Waals surface area contributed by atoms with Crippen molar-refractivity contribution in [3.63, 3.8) is 0 Å². The van der Waals surface area contributed by atoms with Crippen LogP contribution in [-0.2, 0) is 0 Å². The van der Waals surface area contributed by atoms with Gasteiger partial charge in [0.25, 0.3) is 0 Å². The predicted octanol–water partition coefficient (Wildman–Crippen LogP) is 4.38. The fourth-order valence-corrected chi connectivity index (χ4v) is 2.78. The predicted molar refractivity (Wildman–Crippen MR) is 105 cm³/mol. The first-order valence-corrected chi connectivity index (χ1v) is 8.78. The zero-order valence-corrected chi connectivity index (χ0v) is 15.3. The highest BCUT2D eigenvalue weighted by Gasteiger charge is 2.10. The maximum atomic E-state index is 8.96. The molecule has 0 amide bonds. The number of halogens is 2. The number of nitrogens with zero attached hydrogens (tertiary/aromatic N) is 3. The first-order chi connectivity index (χ1) is 12.7. The van der Waals surface area contributed by atoms with E-state index in [2.05, 4.69) is 25.6 Å². The summed E-state index contributed by atoms with van der Waals surface area (Å²) in [7, 11) is 0. The number of aliphatic hydroxyl groups is 1. The molecule has 3 N–H and O–H groups in total. The average molecular weight is 390 g/mol. The van der Waals surface area contributed by atoms with E-state index in [9.17, 15) is 0 Å². The van der Waals surface area contributed by atoms with Crippen LogP contribution in [0.3, 0.4) is 0 Å². The highest BCUT2D eigenvalue weighted by atomic mass is 35.5. The topological polar surface area (TPSA) is 83.0 Å². The van der Waals surface area contributed by atoms with E-state index in [-0.39, 0.29) is 6.61 Å². The van der Waals surface area contributed by atoms with Crippen LogP contribution in [0.5, 0.6) is 0 Å². The van der Waals surface area contributed by atoms with Gasteiger partial charge in [-0.25, -0.2) is 4.98 Å². The number of rotatable bonds is 7. The minimum Gasteiger partial charge on any atom is -0.396 e. The van der Waals surface area contributed by atoms with Gasteiger partial charge in [-0.05, 0) is 30.7 Å². The molecule has 0 saturated carbocycles. The van der Waals surface area contributed by atoms with Crippen LogP contribution < -0.4 is 10.6 Å². The van der Waals surface area contributed by atoms with E-state index in [0.717, 1.165) is 11.3 Å². The highest BCUT2D eigenvalue weighted by Crippen LogP contribution is 2.33. The Morgan fingerprint density at radius 1 is 1.00 bits per heavy atom. The Labute approximate surface area is 161 Å². The molecule has 1 aromatic carbocycles. The van der Waals surface area contributed by atoms with Crippen LogP contribution in [0, 0.1) is 0 Å². The molecule has 0 fully saturated rings. The summed E-state index contributed by atoms with van der Waals surface area (Å²) in [6, 6.07) is 10.8. The van der Waals surface area contributed by atoms with Crippen molar-refractivity contribution in [3.8, 4) is 11.3 Å². The normalized spacial score (nSPS) is 10.6. The van der Waals surface area contributed by atoms with E-state index in [1.807, 2.05) is 18.2 Å². The second-order valence-electron chi connectivity index (χ2n) is 5.42. The summed E-state index contributed by atoms with van der Waals surface area (Å²) in [6.07, 6.45) is 4.00. The van der Waals surface area contributed by atoms with Crippen molar-refractivity contribution in [1.29, 1.82) is 0 Å². The number of aliphatic hydroxyl groups excluding tert-OH is 1. The number of nitrogens with one attached hydrogen (secondary N) is 2. The van der Waals surface area contributed by atoms with Crippen molar-refractivity contribution < 1.29 is 5.11 Å². The van der Waals surface area contributed by atoms with Crippen molar-refractivity contribution in [1.82, 2.24) is 15.0 Å². The molecule has 2 heterocycles. The van der Waals surface area contributed by atoms with Gasteiger partial charge in [0.15, 0.2) is 0 Å². The van der Waals surface area contributed by atoms with E-state index >= 15 is 0 Å². The SMILES string of the molecule is OCCCNc1nc(Nc2c(Cl)cccc2Cl)cc(-c2ccncc2)n1. The molecule has 0 bridgehead atoms. The number of hydrogen-bond acceptors (Lipinski definition) is 6. The summed E-state index contributed by atoms with van der Waals surface area (Å²) in [5.41, 5.74) is 2.21. The lowest BCUT2D eigenvalue weighted by Crippen LogP contribution is -2.09. The Bertz CT molecular complexity index is 856. The quantitative estimate of drug-likeness (QED) is 0.520. The van der Waals surface area contributed by atoms with Crippen molar-refractivity contribution in [2.75, 3.05) is 23.8 Å². The Morgan fingerprint density at radius 3 is 2.42 bits per heavy atom. The first-order valence-electron chi connectivity index (χ1n) is 8.02. The third-order valence-corrected chi connectivity index (χ3v) is 4.17. The van der Waals surface area contributed by atoms with Crippen molar-refractivity contribution in [3.05, 3.63) is 58.8 Å². The Balaban J connectivity index is 1.96. The molecule has 0 aliphatic heterocycles. The Hall–Kier alpha value is -2.41. The van der Waals surface area contributed by atoms with Crippen LogP contribution in [0.15, 0.2) is 48.8 Å². The van der Waals surface area contributed by atoms with Gasteiger partial charge < -0.3 is 15.7 Å². The molecule has 0 atom stereocenters. The number of aromatic nitrogens is 3. The van der Waals surface area contributed by atoms with E-state index in [1.54, 1.807) is 30.6 Å². The van der Waals surface area contributed by atoms with Gasteiger partial charge in [0.05, 0.1) is 21.4 Å². The molecular formula is C18H17Cl2N5O. The molecule has 0 saturated heterocycles. The van der Waals surface area contributed by atoms with Crippen LogP contribution in [0.1, 0.15) is 6.42 Å². The van der Waals surface area contributed by atoms with E-state index in [4.69, 9.17) is 28.3 Å². The molecule has 3 rings (SSSR count). The van der Waals surface area contributed by atoms with Gasteiger partial charge in [-0.1, -0.05) is 29.3 Å². The summed E-state index contributed by atoms with van der Waals surface area (Å²) < 4.78 is 0. The molecule has 26 heavy (non-hydrogen) atoms. The van der Waals surface area contributed by atoms with Gasteiger partial charge in [-0.3, -0.25) is 4.98 Å². The zero-order valence-electron chi connectivity index (χ0n) is 13.8. The van der Waals surface area contributed by atoms with Crippen LogP contribution >= 0.6 is 23.2 Å². The Morgan fingerprint density at radius 2 is 1.73 bits per heavy atom. The number of hydrogen-bond donors (Lipinski definition) is 3. The number of pyridine rings is 1. The maximum Gasteiger partial charge on any atom is 0.225 e. The van der Waals surface area contributed by atoms with E-state index in [1.165, 1.54) is 0 Å². The third kappa shape index (κ3) is 4.60. The van der Waals surface area contributed by atoms with Gasteiger partial charge >= 0.3 is 0 Å². The highest BCUT2D eigenvalue weighted by molar-refractivity contribution is 6.39. The fourth-order valence-electron chi connectivity index (χ4n) is 2.29. The van der Waals surface area contributed by atoms with Crippen LogP contribution in [0.4, 0.5) is 17.5 Å². The lowest BCUT2D eigenvalue weighted by Gasteiger charge is -2.13. The largest absolute Gasteiger partial charge is 0.396 e. The van der Waals surface area contributed by atoms with Crippen LogP contribution in [-0.4, -0.2) is 33.2 Å². The molecule has 6 nitrogen and oxygen atoms in total. The molecule has 8 heteroatoms. The van der Waals surface area contributed by atoms with Gasteiger partial charge in [-0.2, -0.15) is 4.98 Å². The van der Waals surface area contributed by atoms with Crippen molar-refractivity contribution in [2.24, 2.45) is 0 Å². The van der Waals surface area contributed by atoms with Crippen molar-refractivity contribution >= 4 is 40.7 Å².